The second kappa shape index (κ2) is 8.45. The fraction of sp³-hybridized carbons (Fsp3) is 0.318. The smallest absolute Gasteiger partial charge is 0.252 e. The van der Waals surface area contributed by atoms with Gasteiger partial charge in [-0.15, -0.1) is 0 Å². The normalized spacial score (nSPS) is 19.1. The highest BCUT2D eigenvalue weighted by molar-refractivity contribution is 5.98. The first kappa shape index (κ1) is 19.1. The minimum Gasteiger partial charge on any atom is -0.366 e. The quantitative estimate of drug-likeness (QED) is 0.514. The zero-order chi connectivity index (χ0) is 20.2. The molecule has 1 amide bonds. The standard InChI is InChI=1S/C22H26N6O/c1-24-18-6-2-3-7-19(18)27-20-11-9-16(21(23)29)22(28-20)26-15-8-10-17-14(13-15)5-4-12-25-17/h4-5,8-13,18-19,24H,2-3,6-7H2,1H3,(H2,23,29)(H2,26,27,28)/t18-,19?/m0/s1. The van der Waals surface area contributed by atoms with Crippen molar-refractivity contribution in [2.24, 2.45) is 5.73 Å². The molecule has 1 aliphatic carbocycles. The molecular formula is C22H26N6O. The number of aromatic nitrogens is 2. The van der Waals surface area contributed by atoms with Gasteiger partial charge < -0.3 is 21.7 Å². The van der Waals surface area contributed by atoms with Crippen LogP contribution in [0.1, 0.15) is 36.0 Å². The molecule has 0 aliphatic heterocycles. The lowest BCUT2D eigenvalue weighted by Gasteiger charge is -2.32. The Kier molecular flexibility index (Phi) is 5.57. The summed E-state index contributed by atoms with van der Waals surface area (Å²) in [6.45, 7) is 0. The number of carbonyl (C=O) groups is 1. The van der Waals surface area contributed by atoms with E-state index in [1.165, 1.54) is 12.8 Å². The Morgan fingerprint density at radius 2 is 1.93 bits per heavy atom. The largest absolute Gasteiger partial charge is 0.366 e. The number of carbonyl (C=O) groups excluding carboxylic acids is 1. The van der Waals surface area contributed by atoms with Gasteiger partial charge in [0.05, 0.1) is 11.1 Å². The molecule has 2 atom stereocenters. The topological polar surface area (TPSA) is 105 Å². The first-order chi connectivity index (χ1) is 14.1. The van der Waals surface area contributed by atoms with Crippen molar-refractivity contribution in [3.8, 4) is 0 Å². The summed E-state index contributed by atoms with van der Waals surface area (Å²) in [5.41, 5.74) is 7.67. The molecule has 0 saturated heterocycles. The molecule has 4 rings (SSSR count). The van der Waals surface area contributed by atoms with Crippen LogP contribution in [-0.4, -0.2) is 35.0 Å². The van der Waals surface area contributed by atoms with E-state index in [9.17, 15) is 4.79 Å². The summed E-state index contributed by atoms with van der Waals surface area (Å²) in [6, 6.07) is 14.0. The molecule has 2 heterocycles. The fourth-order valence-electron chi connectivity index (χ4n) is 3.96. The van der Waals surface area contributed by atoms with E-state index in [0.717, 1.165) is 35.2 Å². The minimum atomic E-state index is -0.514. The Morgan fingerprint density at radius 1 is 1.10 bits per heavy atom. The SMILES string of the molecule is CN[C@H]1CCCCC1Nc1ccc(C(N)=O)c(Nc2ccc3ncccc3c2)n1. The molecule has 0 bridgehead atoms. The molecule has 1 saturated carbocycles. The zero-order valence-corrected chi connectivity index (χ0v) is 16.5. The Bertz CT molecular complexity index is 1020. The number of nitrogens with zero attached hydrogens (tertiary/aromatic N) is 2. The third kappa shape index (κ3) is 4.30. The summed E-state index contributed by atoms with van der Waals surface area (Å²) in [5, 5.41) is 11.2. The summed E-state index contributed by atoms with van der Waals surface area (Å²) in [4.78, 5) is 20.9. The number of rotatable bonds is 6. The van der Waals surface area contributed by atoms with Gasteiger partial charge in [0.25, 0.3) is 5.91 Å². The number of hydrogen-bond acceptors (Lipinski definition) is 6. The van der Waals surface area contributed by atoms with Gasteiger partial charge in [-0.2, -0.15) is 0 Å². The van der Waals surface area contributed by atoms with Crippen LogP contribution in [0.2, 0.25) is 0 Å². The Balaban J connectivity index is 1.61. The van der Waals surface area contributed by atoms with Gasteiger partial charge in [-0.05, 0) is 56.3 Å². The van der Waals surface area contributed by atoms with Crippen molar-refractivity contribution in [1.29, 1.82) is 0 Å². The van der Waals surface area contributed by atoms with E-state index in [1.807, 2.05) is 43.4 Å². The van der Waals surface area contributed by atoms with E-state index >= 15 is 0 Å². The number of benzene rings is 1. The third-order valence-corrected chi connectivity index (χ3v) is 5.50. The highest BCUT2D eigenvalue weighted by Gasteiger charge is 2.24. The lowest BCUT2D eigenvalue weighted by atomic mass is 9.90. The predicted octanol–water partition coefficient (Wildman–Crippen LogP) is 3.41. The lowest BCUT2D eigenvalue weighted by Crippen LogP contribution is -2.44. The van der Waals surface area contributed by atoms with Crippen LogP contribution in [-0.2, 0) is 0 Å². The van der Waals surface area contributed by atoms with Crippen molar-refractivity contribution in [1.82, 2.24) is 15.3 Å². The maximum absolute atomic E-state index is 11.9. The van der Waals surface area contributed by atoms with Crippen molar-refractivity contribution in [3.05, 3.63) is 54.2 Å². The molecular weight excluding hydrogens is 364 g/mol. The van der Waals surface area contributed by atoms with Crippen LogP contribution in [0.5, 0.6) is 0 Å². The van der Waals surface area contributed by atoms with Crippen LogP contribution in [0.15, 0.2) is 48.7 Å². The van der Waals surface area contributed by atoms with Crippen LogP contribution >= 0.6 is 0 Å². The van der Waals surface area contributed by atoms with Crippen molar-refractivity contribution in [3.63, 3.8) is 0 Å². The molecule has 7 heteroatoms. The van der Waals surface area contributed by atoms with Crippen molar-refractivity contribution >= 4 is 34.1 Å². The van der Waals surface area contributed by atoms with Crippen molar-refractivity contribution in [2.75, 3.05) is 17.7 Å². The van der Waals surface area contributed by atoms with E-state index in [-0.39, 0.29) is 0 Å². The van der Waals surface area contributed by atoms with Gasteiger partial charge in [0.15, 0.2) is 0 Å². The molecule has 1 aliphatic rings. The molecule has 1 fully saturated rings. The van der Waals surface area contributed by atoms with Gasteiger partial charge in [0.1, 0.15) is 11.6 Å². The number of amides is 1. The van der Waals surface area contributed by atoms with Crippen molar-refractivity contribution < 1.29 is 4.79 Å². The first-order valence-corrected chi connectivity index (χ1v) is 10.0. The Morgan fingerprint density at radius 3 is 2.72 bits per heavy atom. The Labute approximate surface area is 170 Å². The van der Waals surface area contributed by atoms with Gasteiger partial charge >= 0.3 is 0 Å². The van der Waals surface area contributed by atoms with Crippen LogP contribution in [0.3, 0.4) is 0 Å². The molecule has 1 aromatic carbocycles. The number of nitrogens with one attached hydrogen (secondary N) is 3. The van der Waals surface area contributed by atoms with Crippen LogP contribution in [0, 0.1) is 0 Å². The number of nitrogens with two attached hydrogens (primary N) is 1. The third-order valence-electron chi connectivity index (χ3n) is 5.50. The lowest BCUT2D eigenvalue weighted by molar-refractivity contribution is 0.100. The molecule has 2 aromatic heterocycles. The zero-order valence-electron chi connectivity index (χ0n) is 16.5. The average Bonchev–Trinajstić information content (AvgIpc) is 2.74. The van der Waals surface area contributed by atoms with E-state index in [1.54, 1.807) is 12.3 Å². The highest BCUT2D eigenvalue weighted by Crippen LogP contribution is 2.26. The van der Waals surface area contributed by atoms with E-state index in [4.69, 9.17) is 5.73 Å². The minimum absolute atomic E-state index is 0.306. The fourth-order valence-corrected chi connectivity index (χ4v) is 3.96. The van der Waals surface area contributed by atoms with E-state index < -0.39 is 5.91 Å². The van der Waals surface area contributed by atoms with Gasteiger partial charge in [-0.1, -0.05) is 18.9 Å². The number of pyridine rings is 2. The molecule has 3 aromatic rings. The molecule has 7 nitrogen and oxygen atoms in total. The maximum Gasteiger partial charge on any atom is 0.252 e. The maximum atomic E-state index is 11.9. The summed E-state index contributed by atoms with van der Waals surface area (Å²) in [6.07, 6.45) is 6.43. The van der Waals surface area contributed by atoms with Crippen LogP contribution in [0.4, 0.5) is 17.3 Å². The van der Waals surface area contributed by atoms with E-state index in [0.29, 0.717) is 23.5 Å². The van der Waals surface area contributed by atoms with Crippen molar-refractivity contribution in [2.45, 2.75) is 37.8 Å². The highest BCUT2D eigenvalue weighted by atomic mass is 16.1. The molecule has 0 radical (unpaired) electrons. The summed E-state index contributed by atoms with van der Waals surface area (Å²) < 4.78 is 0. The monoisotopic (exact) mass is 390 g/mol. The average molecular weight is 390 g/mol. The van der Waals surface area contributed by atoms with Gasteiger partial charge in [-0.3, -0.25) is 9.78 Å². The number of fused-ring (bicyclic) bond motifs is 1. The van der Waals surface area contributed by atoms with Gasteiger partial charge in [-0.25, -0.2) is 4.98 Å². The summed E-state index contributed by atoms with van der Waals surface area (Å²) in [5.74, 6) is 0.662. The number of hydrogen-bond donors (Lipinski definition) is 4. The number of likely N-dealkylation sites (N-methyl/N-ethyl adjacent to an activating group) is 1. The molecule has 5 N–H and O–H groups in total. The second-order valence-corrected chi connectivity index (χ2v) is 7.42. The molecule has 1 unspecified atom stereocenters. The van der Waals surface area contributed by atoms with Gasteiger partial charge in [0.2, 0.25) is 0 Å². The number of primary amides is 1. The Hall–Kier alpha value is -3.19. The van der Waals surface area contributed by atoms with Crippen LogP contribution < -0.4 is 21.7 Å². The molecule has 0 spiro atoms. The first-order valence-electron chi connectivity index (χ1n) is 10.0. The predicted molar refractivity (Wildman–Crippen MR) is 117 cm³/mol. The summed E-state index contributed by atoms with van der Waals surface area (Å²) in [7, 11) is 2.00. The second-order valence-electron chi connectivity index (χ2n) is 7.42. The number of anilines is 3. The van der Waals surface area contributed by atoms with E-state index in [2.05, 4.69) is 25.9 Å². The molecule has 150 valence electrons. The summed E-state index contributed by atoms with van der Waals surface area (Å²) >= 11 is 0. The van der Waals surface area contributed by atoms with Gasteiger partial charge in [0, 0.05) is 29.4 Å². The molecule has 29 heavy (non-hydrogen) atoms. The van der Waals surface area contributed by atoms with Crippen LogP contribution in [0.25, 0.3) is 10.9 Å².